The lowest BCUT2D eigenvalue weighted by atomic mass is 9.43. The van der Waals surface area contributed by atoms with E-state index in [0.29, 0.717) is 25.0 Å². The van der Waals surface area contributed by atoms with E-state index < -0.39 is 11.0 Å². The zero-order valence-electron chi connectivity index (χ0n) is 23.2. The van der Waals surface area contributed by atoms with Crippen LogP contribution in [-0.2, 0) is 20.9 Å². The van der Waals surface area contributed by atoms with Crippen LogP contribution < -0.4 is 0 Å². The molecule has 1 aromatic rings. The molecule has 1 N–H and O–H groups in total. The van der Waals surface area contributed by atoms with Gasteiger partial charge in [0, 0.05) is 0 Å². The second-order valence-corrected chi connectivity index (χ2v) is 13.6. The third-order valence-electron chi connectivity index (χ3n) is 11.9. The fourth-order valence-corrected chi connectivity index (χ4v) is 9.31. The molecule has 4 aliphatic carbocycles. The van der Waals surface area contributed by atoms with E-state index in [-0.39, 0.29) is 16.8 Å². The van der Waals surface area contributed by atoms with Crippen LogP contribution in [0.2, 0.25) is 0 Å². The van der Waals surface area contributed by atoms with Gasteiger partial charge in [0.15, 0.2) is 0 Å². The van der Waals surface area contributed by atoms with Crippen LogP contribution in [0.25, 0.3) is 0 Å². The molecule has 0 unspecified atom stereocenters. The average molecular weight is 497 g/mol. The third kappa shape index (κ3) is 4.06. The molecule has 0 radical (unpaired) electrons. The summed E-state index contributed by atoms with van der Waals surface area (Å²) in [5, 5.41) is 11.8. The lowest BCUT2D eigenvalue weighted by molar-refractivity contribution is -0.200. The predicted molar refractivity (Wildman–Crippen MR) is 142 cm³/mol. The quantitative estimate of drug-likeness (QED) is 0.434. The van der Waals surface area contributed by atoms with Crippen LogP contribution in [0.1, 0.15) is 98.0 Å². The molecule has 4 nitrogen and oxygen atoms in total. The standard InChI is InChI=1S/C32H48O4/c1-6-35-28(33)29(2,3)32(34)19-18-30(4)23(20-32)12-13-24-25-14-15-27(31(25,5)17-16-26(24)30)36-21-22-10-8-7-9-11-22/h7-11,23-27,34H,6,12-21H2,1-5H3/t23-,24+,25-,26+,27-,30-,31-,32-/m0/s1. The van der Waals surface area contributed by atoms with Crippen LogP contribution in [0.4, 0.5) is 0 Å². The number of benzene rings is 1. The molecule has 4 saturated carbocycles. The number of hydrogen-bond acceptors (Lipinski definition) is 4. The van der Waals surface area contributed by atoms with Crippen molar-refractivity contribution < 1.29 is 19.4 Å². The molecular formula is C32H48O4. The largest absolute Gasteiger partial charge is 0.465 e. The Morgan fingerprint density at radius 2 is 1.69 bits per heavy atom. The monoisotopic (exact) mass is 496 g/mol. The first-order valence-corrected chi connectivity index (χ1v) is 14.6. The highest BCUT2D eigenvalue weighted by Crippen LogP contribution is 2.68. The minimum absolute atomic E-state index is 0.254. The Bertz CT molecular complexity index is 943. The molecule has 36 heavy (non-hydrogen) atoms. The summed E-state index contributed by atoms with van der Waals surface area (Å²) >= 11 is 0. The van der Waals surface area contributed by atoms with Crippen molar-refractivity contribution in [3.8, 4) is 0 Å². The fourth-order valence-electron chi connectivity index (χ4n) is 9.31. The van der Waals surface area contributed by atoms with Crippen molar-refractivity contribution in [3.63, 3.8) is 0 Å². The fraction of sp³-hybridized carbons (Fsp3) is 0.781. The number of rotatable bonds is 6. The maximum absolute atomic E-state index is 12.8. The van der Waals surface area contributed by atoms with Gasteiger partial charge in [0.05, 0.1) is 30.3 Å². The van der Waals surface area contributed by atoms with Gasteiger partial charge in [0.1, 0.15) is 0 Å². The van der Waals surface area contributed by atoms with Crippen LogP contribution in [0.3, 0.4) is 0 Å². The second kappa shape index (κ2) is 9.42. The predicted octanol–water partition coefficient (Wildman–Crippen LogP) is 6.93. The van der Waals surface area contributed by atoms with E-state index in [1.165, 1.54) is 44.1 Å². The van der Waals surface area contributed by atoms with Crippen molar-refractivity contribution in [1.29, 1.82) is 0 Å². The Morgan fingerprint density at radius 1 is 0.972 bits per heavy atom. The van der Waals surface area contributed by atoms with E-state index in [9.17, 15) is 9.90 Å². The summed E-state index contributed by atoms with van der Waals surface area (Å²) in [6, 6.07) is 10.6. The van der Waals surface area contributed by atoms with Gasteiger partial charge in [-0.2, -0.15) is 0 Å². The summed E-state index contributed by atoms with van der Waals surface area (Å²) in [4.78, 5) is 12.8. The van der Waals surface area contributed by atoms with Gasteiger partial charge in [-0.15, -0.1) is 0 Å². The summed E-state index contributed by atoms with van der Waals surface area (Å²) in [7, 11) is 0. The highest BCUT2D eigenvalue weighted by atomic mass is 16.5. The summed E-state index contributed by atoms with van der Waals surface area (Å²) in [6.45, 7) is 11.7. The van der Waals surface area contributed by atoms with Crippen LogP contribution in [0.15, 0.2) is 30.3 Å². The van der Waals surface area contributed by atoms with Gasteiger partial charge in [-0.25, -0.2) is 0 Å². The van der Waals surface area contributed by atoms with Gasteiger partial charge in [-0.3, -0.25) is 4.79 Å². The smallest absolute Gasteiger partial charge is 0.314 e. The Balaban J connectivity index is 1.29. The van der Waals surface area contributed by atoms with Crippen molar-refractivity contribution >= 4 is 5.97 Å². The zero-order chi connectivity index (χ0) is 25.8. The topological polar surface area (TPSA) is 55.8 Å². The number of esters is 1. The van der Waals surface area contributed by atoms with Gasteiger partial charge in [-0.1, -0.05) is 44.2 Å². The molecule has 8 atom stereocenters. The van der Waals surface area contributed by atoms with E-state index in [1.54, 1.807) is 0 Å². The first-order valence-electron chi connectivity index (χ1n) is 14.6. The van der Waals surface area contributed by atoms with Crippen LogP contribution in [0.5, 0.6) is 0 Å². The Morgan fingerprint density at radius 3 is 2.42 bits per heavy atom. The van der Waals surface area contributed by atoms with E-state index in [2.05, 4.69) is 44.2 Å². The van der Waals surface area contributed by atoms with Crippen molar-refractivity contribution in [3.05, 3.63) is 35.9 Å². The van der Waals surface area contributed by atoms with E-state index in [4.69, 9.17) is 9.47 Å². The molecule has 4 fully saturated rings. The van der Waals surface area contributed by atoms with Crippen molar-refractivity contribution in [2.45, 2.75) is 111 Å². The molecular weight excluding hydrogens is 448 g/mol. The number of carbonyl (C=O) groups excluding carboxylic acids is 1. The molecule has 0 heterocycles. The van der Waals surface area contributed by atoms with Gasteiger partial charge < -0.3 is 14.6 Å². The van der Waals surface area contributed by atoms with Crippen molar-refractivity contribution in [2.75, 3.05) is 6.61 Å². The van der Waals surface area contributed by atoms with Crippen LogP contribution in [0, 0.1) is 39.9 Å². The molecule has 0 aliphatic heterocycles. The van der Waals surface area contributed by atoms with Gasteiger partial charge >= 0.3 is 5.97 Å². The minimum Gasteiger partial charge on any atom is -0.465 e. The van der Waals surface area contributed by atoms with Crippen LogP contribution >= 0.6 is 0 Å². The Kier molecular flexibility index (Phi) is 6.86. The second-order valence-electron chi connectivity index (χ2n) is 13.6. The normalized spacial score (nSPS) is 42.2. The number of aliphatic hydroxyl groups is 1. The van der Waals surface area contributed by atoms with Gasteiger partial charge in [0.25, 0.3) is 0 Å². The maximum atomic E-state index is 12.8. The molecule has 0 saturated heterocycles. The molecule has 0 bridgehead atoms. The van der Waals surface area contributed by atoms with Gasteiger partial charge in [-0.05, 0) is 119 Å². The molecule has 1 aromatic carbocycles. The number of hydrogen-bond donors (Lipinski definition) is 1. The first kappa shape index (κ1) is 26.2. The average Bonchev–Trinajstić information content (AvgIpc) is 3.20. The minimum atomic E-state index is -0.983. The molecule has 0 aromatic heterocycles. The van der Waals surface area contributed by atoms with E-state index in [0.717, 1.165) is 37.2 Å². The highest BCUT2D eigenvalue weighted by Gasteiger charge is 2.63. The SMILES string of the molecule is CCOC(=O)C(C)(C)[C@]1(O)CC[C@@]2(C)[C@@H](CC[C@H]3[C@H]2CC[C@]2(C)[C@@H](OCc4ccccc4)CC[C@@H]32)C1. The third-order valence-corrected chi connectivity index (χ3v) is 11.9. The number of carbonyl (C=O) groups is 1. The first-order chi connectivity index (χ1) is 17.0. The molecule has 4 aliphatic rings. The van der Waals surface area contributed by atoms with Crippen molar-refractivity contribution in [2.24, 2.45) is 39.9 Å². The lowest BCUT2D eigenvalue weighted by Crippen LogP contribution is -2.60. The summed E-state index contributed by atoms with van der Waals surface area (Å²) in [5.74, 6) is 2.44. The Hall–Kier alpha value is -1.39. The van der Waals surface area contributed by atoms with E-state index >= 15 is 0 Å². The summed E-state index contributed by atoms with van der Waals surface area (Å²) in [6.07, 6.45) is 10.2. The Labute approximate surface area is 218 Å². The number of ether oxygens (including phenoxy) is 2. The van der Waals surface area contributed by atoms with E-state index in [1.807, 2.05) is 20.8 Å². The summed E-state index contributed by atoms with van der Waals surface area (Å²) in [5.41, 5.74) is -0.0544. The van der Waals surface area contributed by atoms with Gasteiger partial charge in [0.2, 0.25) is 0 Å². The number of fused-ring (bicyclic) bond motifs is 5. The lowest BCUT2D eigenvalue weighted by Gasteiger charge is -2.63. The molecule has 200 valence electrons. The molecule has 0 amide bonds. The zero-order valence-corrected chi connectivity index (χ0v) is 23.2. The highest BCUT2D eigenvalue weighted by molar-refractivity contribution is 5.77. The van der Waals surface area contributed by atoms with Crippen molar-refractivity contribution in [1.82, 2.24) is 0 Å². The van der Waals surface area contributed by atoms with Crippen LogP contribution in [-0.4, -0.2) is 29.4 Å². The molecule has 4 heteroatoms. The maximum Gasteiger partial charge on any atom is 0.314 e. The molecule has 5 rings (SSSR count). The summed E-state index contributed by atoms with van der Waals surface area (Å²) < 4.78 is 12.0. The molecule has 0 spiro atoms.